The maximum atomic E-state index is 12.8. The Morgan fingerprint density at radius 2 is 1.71 bits per heavy atom. The Morgan fingerprint density at radius 3 is 2.32 bits per heavy atom. The molecular weight excluding hydrogens is 456 g/mol. The van der Waals surface area contributed by atoms with Crippen LogP contribution >= 0.6 is 0 Å². The average Bonchev–Trinajstić information content (AvgIpc) is 2.84. The molecule has 184 valence electrons. The van der Waals surface area contributed by atoms with Crippen LogP contribution in [0.15, 0.2) is 48.5 Å². The highest BCUT2D eigenvalue weighted by Gasteiger charge is 2.29. The van der Waals surface area contributed by atoms with E-state index in [1.165, 1.54) is 10.4 Å². The van der Waals surface area contributed by atoms with Crippen molar-refractivity contribution >= 4 is 27.1 Å². The number of benzene rings is 2. The number of nitrogens with zero attached hydrogens (tertiary/aromatic N) is 3. The number of hydrogen-bond donors (Lipinski definition) is 1. The minimum atomic E-state index is -3.45. The average molecular weight is 489 g/mol. The van der Waals surface area contributed by atoms with Crippen LogP contribution in [0.1, 0.15) is 31.2 Å². The standard InChI is InChI=1S/C24H32N4O5S/c1-19-17-21(9-12-24(19)28(29)30)25-20-7-10-23(11-8-20)33-18-34(31,32)27-15-13-26(14-16-27)22-5-3-2-4-6-22/h2-6,9,12,17,20,23,25H,7-8,10-11,13-16,18H2,1H3. The van der Waals surface area contributed by atoms with Crippen LogP contribution in [0.3, 0.4) is 0 Å². The first kappa shape index (κ1) is 24.4. The third-order valence-electron chi connectivity index (χ3n) is 6.64. The predicted octanol–water partition coefficient (Wildman–Crippen LogP) is 3.75. The number of hydrogen-bond acceptors (Lipinski definition) is 7. The molecule has 0 bridgehead atoms. The summed E-state index contributed by atoms with van der Waals surface area (Å²) < 4.78 is 33.0. The molecule has 1 N–H and O–H groups in total. The van der Waals surface area contributed by atoms with E-state index in [1.807, 2.05) is 30.3 Å². The van der Waals surface area contributed by atoms with Gasteiger partial charge in [-0.25, -0.2) is 8.42 Å². The molecule has 2 aromatic rings. The summed E-state index contributed by atoms with van der Waals surface area (Å²) >= 11 is 0. The quantitative estimate of drug-likeness (QED) is 0.446. The van der Waals surface area contributed by atoms with Gasteiger partial charge in [0.15, 0.2) is 5.94 Å². The zero-order valence-electron chi connectivity index (χ0n) is 19.4. The summed E-state index contributed by atoms with van der Waals surface area (Å²) in [5.41, 5.74) is 2.72. The zero-order valence-corrected chi connectivity index (χ0v) is 20.2. The van der Waals surface area contributed by atoms with Crippen LogP contribution in [0.2, 0.25) is 0 Å². The van der Waals surface area contributed by atoms with E-state index in [4.69, 9.17) is 4.74 Å². The maximum absolute atomic E-state index is 12.8. The fraction of sp³-hybridized carbons (Fsp3) is 0.500. The van der Waals surface area contributed by atoms with Crippen molar-refractivity contribution in [1.82, 2.24) is 4.31 Å². The molecule has 9 nitrogen and oxygen atoms in total. The number of nitrogens with one attached hydrogen (secondary N) is 1. The second-order valence-electron chi connectivity index (χ2n) is 8.99. The molecule has 1 heterocycles. The number of anilines is 2. The number of piperazine rings is 1. The van der Waals surface area contributed by atoms with Gasteiger partial charge in [0.1, 0.15) is 0 Å². The van der Waals surface area contributed by atoms with Crippen LogP contribution in [0.5, 0.6) is 0 Å². The van der Waals surface area contributed by atoms with Crippen LogP contribution in [-0.2, 0) is 14.8 Å². The van der Waals surface area contributed by atoms with Gasteiger partial charge in [-0.05, 0) is 56.9 Å². The summed E-state index contributed by atoms with van der Waals surface area (Å²) in [6, 6.07) is 15.3. The van der Waals surface area contributed by atoms with Crippen molar-refractivity contribution in [3.63, 3.8) is 0 Å². The number of para-hydroxylation sites is 1. The van der Waals surface area contributed by atoms with Crippen molar-refractivity contribution in [3.8, 4) is 0 Å². The summed E-state index contributed by atoms with van der Waals surface area (Å²) in [5, 5.41) is 14.4. The summed E-state index contributed by atoms with van der Waals surface area (Å²) in [4.78, 5) is 12.8. The molecule has 0 amide bonds. The molecule has 1 aliphatic carbocycles. The van der Waals surface area contributed by atoms with Crippen LogP contribution in [0.4, 0.5) is 17.1 Å². The van der Waals surface area contributed by atoms with Crippen LogP contribution in [0.25, 0.3) is 0 Å². The van der Waals surface area contributed by atoms with Gasteiger partial charge in [0.2, 0.25) is 10.0 Å². The highest BCUT2D eigenvalue weighted by Crippen LogP contribution is 2.27. The fourth-order valence-electron chi connectivity index (χ4n) is 4.68. The third kappa shape index (κ3) is 6.05. The van der Waals surface area contributed by atoms with Crippen LogP contribution < -0.4 is 10.2 Å². The van der Waals surface area contributed by atoms with E-state index in [0.717, 1.165) is 37.1 Å². The van der Waals surface area contributed by atoms with E-state index in [-0.39, 0.29) is 28.7 Å². The Morgan fingerprint density at radius 1 is 1.03 bits per heavy atom. The lowest BCUT2D eigenvalue weighted by molar-refractivity contribution is -0.385. The molecule has 0 spiro atoms. The highest BCUT2D eigenvalue weighted by molar-refractivity contribution is 7.88. The number of nitro groups is 1. The molecule has 0 radical (unpaired) electrons. The number of sulfonamides is 1. The minimum Gasteiger partial charge on any atom is -0.382 e. The van der Waals surface area contributed by atoms with Gasteiger partial charge in [-0.1, -0.05) is 18.2 Å². The summed E-state index contributed by atoms with van der Waals surface area (Å²) in [7, 11) is -3.45. The Bertz CT molecular complexity index is 1080. The number of ether oxygens (including phenoxy) is 1. The maximum Gasteiger partial charge on any atom is 0.272 e. The highest BCUT2D eigenvalue weighted by atomic mass is 32.2. The lowest BCUT2D eigenvalue weighted by atomic mass is 9.92. The number of rotatable bonds is 8. The smallest absolute Gasteiger partial charge is 0.272 e. The largest absolute Gasteiger partial charge is 0.382 e. The second-order valence-corrected chi connectivity index (χ2v) is 10.9. The molecule has 0 aromatic heterocycles. The van der Waals surface area contributed by atoms with Gasteiger partial charge in [-0.2, -0.15) is 4.31 Å². The summed E-state index contributed by atoms with van der Waals surface area (Å²) in [6.45, 7) is 4.00. The first-order valence-corrected chi connectivity index (χ1v) is 13.3. The Balaban J connectivity index is 1.20. The Labute approximate surface area is 200 Å². The topological polar surface area (TPSA) is 105 Å². The first-order chi connectivity index (χ1) is 16.3. The first-order valence-electron chi connectivity index (χ1n) is 11.7. The van der Waals surface area contributed by atoms with E-state index in [1.54, 1.807) is 19.1 Å². The van der Waals surface area contributed by atoms with Crippen molar-refractivity contribution in [2.45, 2.75) is 44.8 Å². The van der Waals surface area contributed by atoms with Gasteiger partial charge in [0.05, 0.1) is 11.0 Å². The lowest BCUT2D eigenvalue weighted by Gasteiger charge is -2.36. The van der Waals surface area contributed by atoms with Gasteiger partial charge in [0.25, 0.3) is 5.69 Å². The Kier molecular flexibility index (Phi) is 7.70. The molecule has 4 rings (SSSR count). The van der Waals surface area contributed by atoms with Gasteiger partial charge in [-0.15, -0.1) is 0 Å². The minimum absolute atomic E-state index is 0.0722. The van der Waals surface area contributed by atoms with Crippen LogP contribution in [-0.4, -0.2) is 61.9 Å². The van der Waals surface area contributed by atoms with Crippen molar-refractivity contribution in [2.75, 3.05) is 42.3 Å². The van der Waals surface area contributed by atoms with E-state index in [2.05, 4.69) is 10.2 Å². The van der Waals surface area contributed by atoms with Gasteiger partial charge < -0.3 is 15.0 Å². The van der Waals surface area contributed by atoms with E-state index >= 15 is 0 Å². The van der Waals surface area contributed by atoms with Gasteiger partial charge >= 0.3 is 0 Å². The molecule has 1 aliphatic heterocycles. The van der Waals surface area contributed by atoms with Crippen molar-refractivity contribution in [1.29, 1.82) is 0 Å². The number of aryl methyl sites for hydroxylation is 1. The van der Waals surface area contributed by atoms with E-state index in [0.29, 0.717) is 31.7 Å². The van der Waals surface area contributed by atoms with E-state index in [9.17, 15) is 18.5 Å². The fourth-order valence-corrected chi connectivity index (χ4v) is 5.91. The molecule has 2 fully saturated rings. The third-order valence-corrected chi connectivity index (χ3v) is 8.23. The monoisotopic (exact) mass is 488 g/mol. The van der Waals surface area contributed by atoms with Gasteiger partial charge in [0, 0.05) is 55.2 Å². The molecule has 0 atom stereocenters. The molecule has 34 heavy (non-hydrogen) atoms. The van der Waals surface area contributed by atoms with E-state index < -0.39 is 10.0 Å². The molecule has 2 aromatic carbocycles. The summed E-state index contributed by atoms with van der Waals surface area (Å²) in [5.74, 6) is -0.275. The summed E-state index contributed by atoms with van der Waals surface area (Å²) in [6.07, 6.45) is 3.20. The van der Waals surface area contributed by atoms with Crippen molar-refractivity contribution < 1.29 is 18.1 Å². The molecule has 1 saturated heterocycles. The normalized spacial score (nSPS) is 21.9. The second kappa shape index (κ2) is 10.7. The number of nitro benzene ring substituents is 1. The molecule has 1 saturated carbocycles. The molecule has 10 heteroatoms. The molecule has 2 aliphatic rings. The SMILES string of the molecule is Cc1cc(NC2CCC(OCS(=O)(=O)N3CCN(c4ccccc4)CC3)CC2)ccc1[N+](=O)[O-]. The van der Waals surface area contributed by atoms with Crippen molar-refractivity contribution in [3.05, 3.63) is 64.2 Å². The van der Waals surface area contributed by atoms with Gasteiger partial charge in [-0.3, -0.25) is 10.1 Å². The van der Waals surface area contributed by atoms with Crippen molar-refractivity contribution in [2.24, 2.45) is 0 Å². The lowest BCUT2D eigenvalue weighted by Crippen LogP contribution is -2.49. The molecular formula is C24H32N4O5S. The molecule has 0 unspecified atom stereocenters. The zero-order chi connectivity index (χ0) is 24.1. The van der Waals surface area contributed by atoms with Crippen LogP contribution in [0, 0.1) is 17.0 Å². The predicted molar refractivity (Wildman–Crippen MR) is 133 cm³/mol. The Hall–Kier alpha value is -2.69.